The average molecular weight is 522 g/mol. The Morgan fingerprint density at radius 3 is 2.62 bits per heavy atom. The van der Waals surface area contributed by atoms with Gasteiger partial charge in [-0.3, -0.25) is 9.78 Å². The number of nitrogens with two attached hydrogens (primary N) is 1. The molecule has 11 heteroatoms. The fourth-order valence-corrected chi connectivity index (χ4v) is 4.54. The van der Waals surface area contributed by atoms with Crippen molar-refractivity contribution >= 4 is 27.4 Å². The summed E-state index contributed by atoms with van der Waals surface area (Å²) < 4.78 is 42.6. The van der Waals surface area contributed by atoms with E-state index in [2.05, 4.69) is 20.3 Å². The lowest BCUT2D eigenvalue weighted by Crippen LogP contribution is -2.12. The predicted molar refractivity (Wildman–Crippen MR) is 138 cm³/mol. The summed E-state index contributed by atoms with van der Waals surface area (Å²) in [5.41, 5.74) is 9.26. The van der Waals surface area contributed by atoms with Gasteiger partial charge in [0.05, 0.1) is 16.8 Å². The Hall–Kier alpha value is -4.38. The van der Waals surface area contributed by atoms with Gasteiger partial charge in [-0.2, -0.15) is 0 Å². The lowest BCUT2D eigenvalue weighted by molar-refractivity contribution is 0.1000. The summed E-state index contributed by atoms with van der Waals surface area (Å²) in [6, 6.07) is 13.0. The molecule has 2 aromatic heterocycles. The van der Waals surface area contributed by atoms with Crippen LogP contribution in [-0.2, 0) is 9.84 Å². The van der Waals surface area contributed by atoms with Crippen LogP contribution in [-0.4, -0.2) is 48.8 Å². The van der Waals surface area contributed by atoms with E-state index in [0.29, 0.717) is 39.8 Å². The van der Waals surface area contributed by atoms with Crippen molar-refractivity contribution < 1.29 is 22.3 Å². The SMILES string of the molecule is Cc1ccc(-c2cc(C(N)=O)ccc2S(C)(=O)=O)cc1Nc1nccc(-c2cncc(OCCF)c2)n1. The molecule has 4 rings (SSSR count). The first kappa shape index (κ1) is 25.7. The van der Waals surface area contributed by atoms with Crippen LogP contribution in [0.3, 0.4) is 0 Å². The van der Waals surface area contributed by atoms with Gasteiger partial charge < -0.3 is 15.8 Å². The van der Waals surface area contributed by atoms with E-state index < -0.39 is 22.4 Å². The Balaban J connectivity index is 1.70. The average Bonchev–Trinajstić information content (AvgIpc) is 2.88. The van der Waals surface area contributed by atoms with Crippen molar-refractivity contribution in [3.05, 3.63) is 78.2 Å². The number of ether oxygens (including phenoxy) is 1. The number of nitrogens with zero attached hydrogens (tertiary/aromatic N) is 3. The van der Waals surface area contributed by atoms with Gasteiger partial charge in [0.25, 0.3) is 0 Å². The number of sulfone groups is 1. The van der Waals surface area contributed by atoms with Gasteiger partial charge in [-0.15, -0.1) is 0 Å². The molecule has 1 amide bonds. The molecule has 0 fully saturated rings. The van der Waals surface area contributed by atoms with Crippen molar-refractivity contribution in [3.8, 4) is 28.1 Å². The molecule has 0 atom stereocenters. The summed E-state index contributed by atoms with van der Waals surface area (Å²) in [7, 11) is -3.59. The maximum absolute atomic E-state index is 12.4. The highest BCUT2D eigenvalue weighted by atomic mass is 32.2. The lowest BCUT2D eigenvalue weighted by atomic mass is 10.0. The summed E-state index contributed by atoms with van der Waals surface area (Å²) in [4.78, 5) is 24.8. The van der Waals surface area contributed by atoms with Crippen molar-refractivity contribution in [3.63, 3.8) is 0 Å². The van der Waals surface area contributed by atoms with E-state index in [9.17, 15) is 17.6 Å². The zero-order valence-electron chi connectivity index (χ0n) is 20.1. The van der Waals surface area contributed by atoms with Crippen molar-refractivity contribution in [2.45, 2.75) is 11.8 Å². The normalized spacial score (nSPS) is 11.2. The number of hydrogen-bond acceptors (Lipinski definition) is 8. The molecule has 3 N–H and O–H groups in total. The number of carbonyl (C=O) groups is 1. The largest absolute Gasteiger partial charge is 0.489 e. The number of halogens is 1. The molecule has 2 aromatic carbocycles. The van der Waals surface area contributed by atoms with Gasteiger partial charge in [-0.05, 0) is 54.4 Å². The van der Waals surface area contributed by atoms with Crippen LogP contribution >= 0.6 is 0 Å². The molecule has 2 heterocycles. The second-order valence-corrected chi connectivity index (χ2v) is 10.2. The number of anilines is 2. The molecule has 0 aliphatic rings. The van der Waals surface area contributed by atoms with Crippen LogP contribution in [0.4, 0.5) is 16.0 Å². The zero-order chi connectivity index (χ0) is 26.6. The molecule has 0 saturated heterocycles. The second kappa shape index (κ2) is 10.7. The molecule has 37 heavy (non-hydrogen) atoms. The molecule has 0 aliphatic carbocycles. The van der Waals surface area contributed by atoms with E-state index in [1.54, 1.807) is 36.7 Å². The summed E-state index contributed by atoms with van der Waals surface area (Å²) >= 11 is 0. The first-order valence-corrected chi connectivity index (χ1v) is 13.0. The molecular formula is C26H24FN5O4S. The molecule has 9 nitrogen and oxygen atoms in total. The standard InChI is InChI=1S/C26H24FN5O4S/c1-16-3-4-17(21-12-18(25(28)33)5-6-24(21)37(2,34)35)13-23(16)32-26-30-9-7-22(31-26)19-11-20(15-29-14-19)36-10-8-27/h3-7,9,11-15H,8,10H2,1-2H3,(H2,28,33)(H,30,31,32). The smallest absolute Gasteiger partial charge is 0.248 e. The third-order valence-electron chi connectivity index (χ3n) is 5.47. The van der Waals surface area contributed by atoms with Crippen LogP contribution in [0.25, 0.3) is 22.4 Å². The van der Waals surface area contributed by atoms with Gasteiger partial charge in [0, 0.05) is 41.0 Å². The van der Waals surface area contributed by atoms with Gasteiger partial charge in [0.1, 0.15) is 19.0 Å². The van der Waals surface area contributed by atoms with E-state index >= 15 is 0 Å². The number of amides is 1. The number of benzene rings is 2. The minimum absolute atomic E-state index is 0.0687. The van der Waals surface area contributed by atoms with E-state index in [-0.39, 0.29) is 17.1 Å². The lowest BCUT2D eigenvalue weighted by Gasteiger charge is -2.14. The summed E-state index contributed by atoms with van der Waals surface area (Å²) in [5, 5.41) is 3.17. The zero-order valence-corrected chi connectivity index (χ0v) is 20.9. The van der Waals surface area contributed by atoms with Crippen molar-refractivity contribution in [2.75, 3.05) is 24.9 Å². The van der Waals surface area contributed by atoms with Crippen LogP contribution in [0.5, 0.6) is 5.75 Å². The maximum atomic E-state index is 12.4. The Morgan fingerprint density at radius 2 is 1.89 bits per heavy atom. The van der Waals surface area contributed by atoms with Crippen LogP contribution in [0.15, 0.2) is 72.0 Å². The maximum Gasteiger partial charge on any atom is 0.248 e. The number of hydrogen-bond donors (Lipinski definition) is 2. The van der Waals surface area contributed by atoms with Gasteiger partial charge >= 0.3 is 0 Å². The van der Waals surface area contributed by atoms with Crippen LogP contribution in [0.2, 0.25) is 0 Å². The van der Waals surface area contributed by atoms with Crippen LogP contribution in [0.1, 0.15) is 15.9 Å². The summed E-state index contributed by atoms with van der Waals surface area (Å²) in [6.45, 7) is 1.20. The molecule has 4 aromatic rings. The first-order chi connectivity index (χ1) is 17.7. The quantitative estimate of drug-likeness (QED) is 0.336. The number of nitrogens with one attached hydrogen (secondary N) is 1. The molecule has 0 bridgehead atoms. The van der Waals surface area contributed by atoms with Gasteiger partial charge in [-0.1, -0.05) is 12.1 Å². The highest BCUT2D eigenvalue weighted by Gasteiger charge is 2.18. The summed E-state index contributed by atoms with van der Waals surface area (Å²) in [6.07, 6.45) is 5.79. The second-order valence-electron chi connectivity index (χ2n) is 8.21. The molecule has 0 spiro atoms. The van der Waals surface area contributed by atoms with Crippen LogP contribution < -0.4 is 15.8 Å². The first-order valence-electron chi connectivity index (χ1n) is 11.1. The Morgan fingerprint density at radius 1 is 1.08 bits per heavy atom. The molecule has 0 aliphatic heterocycles. The van der Waals surface area contributed by atoms with E-state index in [4.69, 9.17) is 10.5 Å². The fourth-order valence-electron chi connectivity index (χ4n) is 3.65. The van der Waals surface area contributed by atoms with E-state index in [1.165, 1.54) is 24.4 Å². The molecule has 190 valence electrons. The number of aryl methyl sites for hydroxylation is 1. The molecule has 0 saturated carbocycles. The number of carbonyl (C=O) groups excluding carboxylic acids is 1. The number of aromatic nitrogens is 3. The van der Waals surface area contributed by atoms with E-state index in [1.807, 2.05) is 13.0 Å². The van der Waals surface area contributed by atoms with Crippen molar-refractivity contribution in [2.24, 2.45) is 5.73 Å². The Bertz CT molecular complexity index is 1580. The monoisotopic (exact) mass is 521 g/mol. The number of rotatable bonds is 9. The van der Waals surface area contributed by atoms with E-state index in [0.717, 1.165) is 11.8 Å². The minimum Gasteiger partial charge on any atom is -0.489 e. The predicted octanol–water partition coefficient (Wildman–Crippen LogP) is 4.11. The minimum atomic E-state index is -3.59. The Kier molecular flexibility index (Phi) is 7.44. The highest BCUT2D eigenvalue weighted by Crippen LogP contribution is 2.32. The topological polar surface area (TPSA) is 137 Å². The summed E-state index contributed by atoms with van der Waals surface area (Å²) in [5.74, 6) is 0.0550. The third-order valence-corrected chi connectivity index (χ3v) is 6.62. The molecule has 0 unspecified atom stereocenters. The molecular weight excluding hydrogens is 497 g/mol. The number of alkyl halides is 1. The molecule has 0 radical (unpaired) electrons. The highest BCUT2D eigenvalue weighted by molar-refractivity contribution is 7.90. The Labute approximate surface area is 213 Å². The van der Waals surface area contributed by atoms with Gasteiger partial charge in [0.2, 0.25) is 11.9 Å². The number of primary amides is 1. The number of pyridine rings is 1. The van der Waals surface area contributed by atoms with Gasteiger partial charge in [-0.25, -0.2) is 22.8 Å². The van der Waals surface area contributed by atoms with Crippen LogP contribution in [0, 0.1) is 6.92 Å². The fraction of sp³-hybridized carbons (Fsp3) is 0.154. The van der Waals surface area contributed by atoms with Crippen molar-refractivity contribution in [1.82, 2.24) is 15.0 Å². The van der Waals surface area contributed by atoms with Gasteiger partial charge in [0.15, 0.2) is 9.84 Å². The van der Waals surface area contributed by atoms with Crippen molar-refractivity contribution in [1.29, 1.82) is 0 Å². The third kappa shape index (κ3) is 6.07.